The largest absolute Gasteiger partial charge is 0.481 e. The quantitative estimate of drug-likeness (QED) is 0.491. The molecule has 158 valence electrons. The summed E-state index contributed by atoms with van der Waals surface area (Å²) in [6, 6.07) is 21.9. The number of hydrogen-bond donors (Lipinski definition) is 2. The van der Waals surface area contributed by atoms with Gasteiger partial charge in [0.15, 0.2) is 5.78 Å². The maximum absolute atomic E-state index is 13.1. The Bertz CT molecular complexity index is 1070. The lowest BCUT2D eigenvalue weighted by molar-refractivity contribution is -0.137. The summed E-state index contributed by atoms with van der Waals surface area (Å²) in [4.78, 5) is 36.5. The van der Waals surface area contributed by atoms with E-state index in [4.69, 9.17) is 5.11 Å². The third-order valence-electron chi connectivity index (χ3n) is 4.98. The number of carbonyl (C=O) groups is 3. The molecule has 5 heteroatoms. The Morgan fingerprint density at radius 3 is 2.23 bits per heavy atom. The molecule has 1 amide bonds. The molecular weight excluding hydrogens is 390 g/mol. The molecule has 0 radical (unpaired) electrons. The van der Waals surface area contributed by atoms with Crippen molar-refractivity contribution in [2.45, 2.75) is 32.6 Å². The van der Waals surface area contributed by atoms with Crippen LogP contribution >= 0.6 is 0 Å². The lowest BCUT2D eigenvalue weighted by Gasteiger charge is -2.13. The number of aryl methyl sites for hydroxylation is 2. The van der Waals surface area contributed by atoms with Crippen molar-refractivity contribution in [3.63, 3.8) is 0 Å². The van der Waals surface area contributed by atoms with E-state index in [9.17, 15) is 14.4 Å². The Morgan fingerprint density at radius 1 is 0.871 bits per heavy atom. The second-order valence-corrected chi connectivity index (χ2v) is 7.53. The topological polar surface area (TPSA) is 83.5 Å². The van der Waals surface area contributed by atoms with Crippen LogP contribution in [0.15, 0.2) is 72.8 Å². The van der Waals surface area contributed by atoms with Crippen molar-refractivity contribution in [2.24, 2.45) is 0 Å². The van der Waals surface area contributed by atoms with Crippen LogP contribution in [0.1, 0.15) is 45.5 Å². The second kappa shape index (κ2) is 10.3. The maximum Gasteiger partial charge on any atom is 0.303 e. The second-order valence-electron chi connectivity index (χ2n) is 7.53. The minimum Gasteiger partial charge on any atom is -0.481 e. The smallest absolute Gasteiger partial charge is 0.303 e. The molecule has 2 N–H and O–H groups in total. The first kappa shape index (κ1) is 22.0. The Balaban J connectivity index is 1.83. The van der Waals surface area contributed by atoms with Gasteiger partial charge >= 0.3 is 5.97 Å². The number of carboxylic acid groups (broad SMARTS) is 1. The molecule has 0 bridgehead atoms. The molecule has 31 heavy (non-hydrogen) atoms. The van der Waals surface area contributed by atoms with Crippen LogP contribution in [-0.4, -0.2) is 22.8 Å². The van der Waals surface area contributed by atoms with Gasteiger partial charge in [-0.15, -0.1) is 0 Å². The standard InChI is InChI=1S/C26H25NO4/c1-18-10-12-20(13-11-18)17-24(28)27-23-15-14-19(6-5-9-25(29)30)16-22(23)26(31)21-7-3-2-4-8-21/h2-4,7-8,10-16H,5-6,9,17H2,1H3,(H,27,28)(H,29,30). The molecular formula is C26H25NO4. The van der Waals surface area contributed by atoms with Crippen molar-refractivity contribution in [1.29, 1.82) is 0 Å². The summed E-state index contributed by atoms with van der Waals surface area (Å²) < 4.78 is 0. The number of anilines is 1. The first-order valence-corrected chi connectivity index (χ1v) is 10.2. The van der Waals surface area contributed by atoms with Crippen molar-refractivity contribution in [1.82, 2.24) is 0 Å². The molecule has 0 heterocycles. The number of hydrogen-bond acceptors (Lipinski definition) is 3. The first-order valence-electron chi connectivity index (χ1n) is 10.2. The fraction of sp³-hybridized carbons (Fsp3) is 0.192. The molecule has 0 unspecified atom stereocenters. The van der Waals surface area contributed by atoms with Crippen molar-refractivity contribution in [2.75, 3.05) is 5.32 Å². The van der Waals surface area contributed by atoms with Gasteiger partial charge in [0.25, 0.3) is 0 Å². The van der Waals surface area contributed by atoms with Crippen LogP contribution in [-0.2, 0) is 22.4 Å². The third-order valence-corrected chi connectivity index (χ3v) is 4.98. The predicted molar refractivity (Wildman–Crippen MR) is 120 cm³/mol. The van der Waals surface area contributed by atoms with Crippen LogP contribution < -0.4 is 5.32 Å². The minimum atomic E-state index is -0.847. The maximum atomic E-state index is 13.1. The molecule has 0 spiro atoms. The number of nitrogens with one attached hydrogen (secondary N) is 1. The van der Waals surface area contributed by atoms with E-state index < -0.39 is 5.97 Å². The van der Waals surface area contributed by atoms with E-state index in [1.54, 1.807) is 36.4 Å². The molecule has 3 aromatic carbocycles. The number of ketones is 1. The summed E-state index contributed by atoms with van der Waals surface area (Å²) in [7, 11) is 0. The highest BCUT2D eigenvalue weighted by atomic mass is 16.4. The summed E-state index contributed by atoms with van der Waals surface area (Å²) in [5, 5.41) is 11.7. The van der Waals surface area contributed by atoms with Gasteiger partial charge in [-0.05, 0) is 43.0 Å². The molecule has 0 atom stereocenters. The molecule has 0 aliphatic carbocycles. The molecule has 0 aliphatic rings. The highest BCUT2D eigenvalue weighted by molar-refractivity contribution is 6.14. The zero-order chi connectivity index (χ0) is 22.2. The number of benzene rings is 3. The fourth-order valence-corrected chi connectivity index (χ4v) is 3.32. The Kier molecular flexibility index (Phi) is 7.33. The molecule has 5 nitrogen and oxygen atoms in total. The van der Waals surface area contributed by atoms with Crippen LogP contribution in [0.5, 0.6) is 0 Å². The average Bonchev–Trinajstić information content (AvgIpc) is 2.76. The number of amides is 1. The van der Waals surface area contributed by atoms with Gasteiger partial charge in [-0.3, -0.25) is 14.4 Å². The summed E-state index contributed by atoms with van der Waals surface area (Å²) in [5.41, 5.74) is 4.25. The van der Waals surface area contributed by atoms with Crippen LogP contribution in [0.3, 0.4) is 0 Å². The normalized spacial score (nSPS) is 10.5. The Labute approximate surface area is 181 Å². The summed E-state index contributed by atoms with van der Waals surface area (Å²) in [6.45, 7) is 1.99. The van der Waals surface area contributed by atoms with Gasteiger partial charge in [0, 0.05) is 17.5 Å². The lowest BCUT2D eigenvalue weighted by Crippen LogP contribution is -2.17. The van der Waals surface area contributed by atoms with E-state index in [1.807, 2.05) is 43.3 Å². The predicted octanol–water partition coefficient (Wildman–Crippen LogP) is 4.81. The van der Waals surface area contributed by atoms with Crippen LogP contribution in [0.25, 0.3) is 0 Å². The highest BCUT2D eigenvalue weighted by Crippen LogP contribution is 2.23. The summed E-state index contributed by atoms with van der Waals surface area (Å²) in [5.74, 6) is -1.24. The SMILES string of the molecule is Cc1ccc(CC(=O)Nc2ccc(CCCC(=O)O)cc2C(=O)c2ccccc2)cc1. The van der Waals surface area contributed by atoms with Gasteiger partial charge < -0.3 is 10.4 Å². The van der Waals surface area contributed by atoms with E-state index >= 15 is 0 Å². The van der Waals surface area contributed by atoms with Crippen molar-refractivity contribution < 1.29 is 19.5 Å². The molecule has 0 saturated heterocycles. The molecule has 0 fully saturated rings. The zero-order valence-corrected chi connectivity index (χ0v) is 17.4. The lowest BCUT2D eigenvalue weighted by atomic mass is 9.97. The number of carbonyl (C=O) groups excluding carboxylic acids is 2. The van der Waals surface area contributed by atoms with Gasteiger partial charge in [0.05, 0.1) is 12.1 Å². The molecule has 0 aliphatic heterocycles. The molecule has 3 aromatic rings. The number of carboxylic acids is 1. The number of aliphatic carboxylic acids is 1. The monoisotopic (exact) mass is 415 g/mol. The van der Waals surface area contributed by atoms with Crippen LogP contribution in [0.2, 0.25) is 0 Å². The van der Waals surface area contributed by atoms with E-state index in [1.165, 1.54) is 0 Å². The van der Waals surface area contributed by atoms with Gasteiger partial charge in [-0.1, -0.05) is 66.2 Å². The molecule has 3 rings (SSSR count). The van der Waals surface area contributed by atoms with Crippen molar-refractivity contribution in [3.05, 3.63) is 101 Å². The van der Waals surface area contributed by atoms with Gasteiger partial charge in [-0.2, -0.15) is 0 Å². The highest BCUT2D eigenvalue weighted by Gasteiger charge is 2.16. The third kappa shape index (κ3) is 6.37. The Hall–Kier alpha value is -3.73. The van der Waals surface area contributed by atoms with E-state index in [0.29, 0.717) is 29.7 Å². The fourth-order valence-electron chi connectivity index (χ4n) is 3.32. The minimum absolute atomic E-state index is 0.0665. The summed E-state index contributed by atoms with van der Waals surface area (Å²) >= 11 is 0. The van der Waals surface area contributed by atoms with Crippen LogP contribution in [0, 0.1) is 6.92 Å². The molecule has 0 aromatic heterocycles. The first-order chi connectivity index (χ1) is 14.9. The van der Waals surface area contributed by atoms with Crippen molar-refractivity contribution >= 4 is 23.3 Å². The van der Waals surface area contributed by atoms with Crippen LogP contribution in [0.4, 0.5) is 5.69 Å². The average molecular weight is 415 g/mol. The zero-order valence-electron chi connectivity index (χ0n) is 17.4. The summed E-state index contributed by atoms with van der Waals surface area (Å²) in [6.07, 6.45) is 1.29. The Morgan fingerprint density at radius 2 is 1.55 bits per heavy atom. The van der Waals surface area contributed by atoms with E-state index in [-0.39, 0.29) is 24.5 Å². The van der Waals surface area contributed by atoms with Crippen molar-refractivity contribution in [3.8, 4) is 0 Å². The van der Waals surface area contributed by atoms with Gasteiger partial charge in [0.1, 0.15) is 0 Å². The van der Waals surface area contributed by atoms with E-state index in [0.717, 1.165) is 16.7 Å². The van der Waals surface area contributed by atoms with Gasteiger partial charge in [0.2, 0.25) is 5.91 Å². The van der Waals surface area contributed by atoms with Gasteiger partial charge in [-0.25, -0.2) is 0 Å². The molecule has 0 saturated carbocycles. The number of rotatable bonds is 9. The van der Waals surface area contributed by atoms with E-state index in [2.05, 4.69) is 5.32 Å².